The molecular formula is C12H12N2O3. The number of hydrogen-bond acceptors (Lipinski definition) is 5. The van der Waals surface area contributed by atoms with Crippen LogP contribution in [0.2, 0.25) is 0 Å². The van der Waals surface area contributed by atoms with Crippen LogP contribution in [0, 0.1) is 0 Å². The molecule has 0 amide bonds. The molecule has 1 heterocycles. The summed E-state index contributed by atoms with van der Waals surface area (Å²) >= 11 is 0. The van der Waals surface area contributed by atoms with Crippen LogP contribution in [-0.4, -0.2) is 22.5 Å². The Labute approximate surface area is 98.4 Å². The molecule has 5 heteroatoms. The van der Waals surface area contributed by atoms with E-state index < -0.39 is 0 Å². The Bertz CT molecular complexity index is 534. The summed E-state index contributed by atoms with van der Waals surface area (Å²) in [5, 5.41) is 3.76. The second-order valence-electron chi connectivity index (χ2n) is 3.41. The molecule has 88 valence electrons. The van der Waals surface area contributed by atoms with Crippen molar-refractivity contribution >= 4 is 5.78 Å². The van der Waals surface area contributed by atoms with Gasteiger partial charge in [-0.25, -0.2) is 0 Å². The smallest absolute Gasteiger partial charge is 0.294 e. The summed E-state index contributed by atoms with van der Waals surface area (Å²) in [4.78, 5) is 15.1. The second-order valence-corrected chi connectivity index (χ2v) is 3.41. The fraction of sp³-hybridized carbons (Fsp3) is 0.250. The summed E-state index contributed by atoms with van der Waals surface area (Å²) in [6, 6.07) is 7.35. The summed E-state index contributed by atoms with van der Waals surface area (Å²) < 4.78 is 10.3. The van der Waals surface area contributed by atoms with Gasteiger partial charge in [-0.15, -0.1) is 0 Å². The summed E-state index contributed by atoms with van der Waals surface area (Å²) in [5.74, 6) is 0.786. The van der Waals surface area contributed by atoms with Gasteiger partial charge in [0.15, 0.2) is 0 Å². The maximum atomic E-state index is 11.1. The first-order valence-corrected chi connectivity index (χ1v) is 5.29. The van der Waals surface area contributed by atoms with Crippen LogP contribution in [0.1, 0.15) is 24.5 Å². The lowest BCUT2D eigenvalue weighted by Gasteiger charge is -2.05. The van der Waals surface area contributed by atoms with Crippen molar-refractivity contribution in [3.63, 3.8) is 0 Å². The number of carbonyl (C=O) groups excluding carboxylic acids is 1. The highest BCUT2D eigenvalue weighted by atomic mass is 16.5. The van der Waals surface area contributed by atoms with Crippen molar-refractivity contribution in [2.75, 3.05) is 6.61 Å². The van der Waals surface area contributed by atoms with Crippen molar-refractivity contribution in [3.05, 3.63) is 30.2 Å². The SMILES string of the molecule is CCOc1ccccc1-c1noc(C(C)=O)n1. The van der Waals surface area contributed by atoms with Crippen molar-refractivity contribution < 1.29 is 14.1 Å². The molecule has 2 aromatic rings. The van der Waals surface area contributed by atoms with Gasteiger partial charge in [-0.05, 0) is 19.1 Å². The molecule has 17 heavy (non-hydrogen) atoms. The van der Waals surface area contributed by atoms with Crippen LogP contribution in [0.4, 0.5) is 0 Å². The van der Waals surface area contributed by atoms with Crippen LogP contribution in [0.25, 0.3) is 11.4 Å². The first-order chi connectivity index (χ1) is 8.22. The second kappa shape index (κ2) is 4.78. The molecule has 0 N–H and O–H groups in total. The van der Waals surface area contributed by atoms with Gasteiger partial charge in [0.1, 0.15) is 5.75 Å². The number of para-hydroxylation sites is 1. The lowest BCUT2D eigenvalue weighted by molar-refractivity contribution is 0.0972. The Kier molecular flexibility index (Phi) is 3.18. The maximum absolute atomic E-state index is 11.1. The van der Waals surface area contributed by atoms with Crippen LogP contribution < -0.4 is 4.74 Å². The fourth-order valence-corrected chi connectivity index (χ4v) is 1.41. The Morgan fingerprint density at radius 2 is 2.18 bits per heavy atom. The minimum Gasteiger partial charge on any atom is -0.493 e. The Morgan fingerprint density at radius 3 is 2.82 bits per heavy atom. The Balaban J connectivity index is 2.41. The minimum atomic E-state index is -0.252. The Hall–Kier alpha value is -2.17. The van der Waals surface area contributed by atoms with Gasteiger partial charge in [0.05, 0.1) is 12.2 Å². The zero-order chi connectivity index (χ0) is 12.3. The number of benzene rings is 1. The topological polar surface area (TPSA) is 65.2 Å². The number of nitrogens with zero attached hydrogens (tertiary/aromatic N) is 2. The molecule has 0 aliphatic carbocycles. The lowest BCUT2D eigenvalue weighted by Crippen LogP contribution is -1.95. The van der Waals surface area contributed by atoms with Gasteiger partial charge in [0, 0.05) is 6.92 Å². The molecule has 0 aliphatic heterocycles. The van der Waals surface area contributed by atoms with Gasteiger partial charge >= 0.3 is 0 Å². The molecule has 0 unspecified atom stereocenters. The average molecular weight is 232 g/mol. The third-order valence-corrected chi connectivity index (χ3v) is 2.16. The van der Waals surface area contributed by atoms with E-state index in [-0.39, 0.29) is 11.7 Å². The normalized spacial score (nSPS) is 10.2. The van der Waals surface area contributed by atoms with Crippen LogP contribution in [-0.2, 0) is 0 Å². The zero-order valence-corrected chi connectivity index (χ0v) is 9.64. The lowest BCUT2D eigenvalue weighted by atomic mass is 10.2. The van der Waals surface area contributed by atoms with Crippen LogP contribution in [0.3, 0.4) is 0 Å². The van der Waals surface area contributed by atoms with Crippen LogP contribution >= 0.6 is 0 Å². The molecule has 1 aromatic heterocycles. The number of aromatic nitrogens is 2. The molecule has 0 atom stereocenters. The molecule has 5 nitrogen and oxygen atoms in total. The monoisotopic (exact) mass is 232 g/mol. The molecule has 0 saturated heterocycles. The van der Waals surface area contributed by atoms with Crippen LogP contribution in [0.15, 0.2) is 28.8 Å². The molecule has 0 saturated carbocycles. The summed E-state index contributed by atoms with van der Waals surface area (Å²) in [5.41, 5.74) is 0.714. The maximum Gasteiger partial charge on any atom is 0.294 e. The minimum absolute atomic E-state index is 0.00583. The molecule has 0 bridgehead atoms. The van der Waals surface area contributed by atoms with Crippen molar-refractivity contribution in [1.29, 1.82) is 0 Å². The number of ether oxygens (including phenoxy) is 1. The molecule has 1 aromatic carbocycles. The van der Waals surface area contributed by atoms with E-state index >= 15 is 0 Å². The van der Waals surface area contributed by atoms with Gasteiger partial charge in [-0.2, -0.15) is 4.98 Å². The molecule has 2 rings (SSSR count). The van der Waals surface area contributed by atoms with E-state index in [1.54, 1.807) is 0 Å². The first-order valence-electron chi connectivity index (χ1n) is 5.29. The van der Waals surface area contributed by atoms with E-state index in [0.29, 0.717) is 23.7 Å². The standard InChI is InChI=1S/C12H12N2O3/c1-3-16-10-7-5-4-6-9(10)11-13-12(8(2)15)17-14-11/h4-7H,3H2,1-2H3. The van der Waals surface area contributed by atoms with E-state index in [1.807, 2.05) is 31.2 Å². The number of ketones is 1. The van der Waals surface area contributed by atoms with E-state index in [9.17, 15) is 4.79 Å². The number of hydrogen-bond donors (Lipinski definition) is 0. The first kappa shape index (κ1) is 11.3. The third-order valence-electron chi connectivity index (χ3n) is 2.16. The molecule has 0 fully saturated rings. The van der Waals surface area contributed by atoms with E-state index in [4.69, 9.17) is 9.26 Å². The highest BCUT2D eigenvalue weighted by molar-refractivity contribution is 5.89. The van der Waals surface area contributed by atoms with E-state index in [1.165, 1.54) is 6.92 Å². The number of carbonyl (C=O) groups is 1. The van der Waals surface area contributed by atoms with Crippen molar-refractivity contribution in [2.24, 2.45) is 0 Å². The van der Waals surface area contributed by atoms with Gasteiger partial charge in [-0.1, -0.05) is 17.3 Å². The summed E-state index contributed by atoms with van der Waals surface area (Å²) in [7, 11) is 0. The third kappa shape index (κ3) is 2.33. The highest BCUT2D eigenvalue weighted by Gasteiger charge is 2.15. The predicted octanol–water partition coefficient (Wildman–Crippen LogP) is 2.34. The largest absolute Gasteiger partial charge is 0.493 e. The quantitative estimate of drug-likeness (QED) is 0.757. The predicted molar refractivity (Wildman–Crippen MR) is 60.9 cm³/mol. The average Bonchev–Trinajstić information content (AvgIpc) is 2.79. The van der Waals surface area contributed by atoms with E-state index in [0.717, 1.165) is 0 Å². The number of Topliss-reactive ketones (excluding diaryl/α,β-unsaturated/α-hetero) is 1. The van der Waals surface area contributed by atoms with Crippen molar-refractivity contribution in [3.8, 4) is 17.1 Å². The van der Waals surface area contributed by atoms with Gasteiger partial charge < -0.3 is 9.26 Å². The van der Waals surface area contributed by atoms with E-state index in [2.05, 4.69) is 10.1 Å². The van der Waals surface area contributed by atoms with Gasteiger partial charge in [0.25, 0.3) is 5.89 Å². The van der Waals surface area contributed by atoms with Gasteiger partial charge in [0.2, 0.25) is 11.6 Å². The molecule has 0 spiro atoms. The van der Waals surface area contributed by atoms with Crippen molar-refractivity contribution in [1.82, 2.24) is 10.1 Å². The Morgan fingerprint density at radius 1 is 1.41 bits per heavy atom. The number of rotatable bonds is 4. The zero-order valence-electron chi connectivity index (χ0n) is 9.64. The van der Waals surface area contributed by atoms with Gasteiger partial charge in [-0.3, -0.25) is 4.79 Å². The van der Waals surface area contributed by atoms with Crippen LogP contribution in [0.5, 0.6) is 5.75 Å². The van der Waals surface area contributed by atoms with Crippen molar-refractivity contribution in [2.45, 2.75) is 13.8 Å². The molecular weight excluding hydrogens is 220 g/mol. The molecule has 0 aliphatic rings. The highest BCUT2D eigenvalue weighted by Crippen LogP contribution is 2.27. The summed E-state index contributed by atoms with van der Waals surface area (Å²) in [6.07, 6.45) is 0. The fourth-order valence-electron chi connectivity index (χ4n) is 1.41. The molecule has 0 radical (unpaired) electrons. The summed E-state index contributed by atoms with van der Waals surface area (Å²) in [6.45, 7) is 3.83.